The molecule has 1 N–H and O–H groups in total. The first-order valence-electron chi connectivity index (χ1n) is 5.99. The first kappa shape index (κ1) is 12.5. The van der Waals surface area contributed by atoms with E-state index in [2.05, 4.69) is 33.0 Å². The quantitative estimate of drug-likeness (QED) is 0.773. The molecule has 1 heterocycles. The molecular formula is C12H24N2O. The monoisotopic (exact) mass is 212 g/mol. The van der Waals surface area contributed by atoms with Gasteiger partial charge in [0.25, 0.3) is 0 Å². The molecule has 15 heavy (non-hydrogen) atoms. The number of nitrogens with one attached hydrogen (secondary N) is 1. The smallest absolute Gasteiger partial charge is 0.243 e. The summed E-state index contributed by atoms with van der Waals surface area (Å²) in [7, 11) is 0. The van der Waals surface area contributed by atoms with E-state index in [-0.39, 0.29) is 17.6 Å². The molecule has 0 aromatic rings. The molecule has 0 aromatic heterocycles. The highest BCUT2D eigenvalue weighted by molar-refractivity contribution is 5.88. The molecule has 0 saturated carbocycles. The van der Waals surface area contributed by atoms with Gasteiger partial charge in [0.1, 0.15) is 0 Å². The van der Waals surface area contributed by atoms with Crippen LogP contribution in [-0.4, -0.2) is 29.1 Å². The normalized spacial score (nSPS) is 31.7. The third kappa shape index (κ3) is 2.51. The van der Waals surface area contributed by atoms with Crippen molar-refractivity contribution in [1.29, 1.82) is 0 Å². The Morgan fingerprint density at radius 2 is 2.13 bits per heavy atom. The lowest BCUT2D eigenvalue weighted by Gasteiger charge is -2.22. The van der Waals surface area contributed by atoms with E-state index in [1.807, 2.05) is 11.8 Å². The minimum Gasteiger partial charge on any atom is -0.326 e. The number of amides is 1. The molecule has 1 aliphatic heterocycles. The Labute approximate surface area is 93.2 Å². The molecule has 3 nitrogen and oxygen atoms in total. The van der Waals surface area contributed by atoms with Gasteiger partial charge in [0.05, 0.1) is 11.7 Å². The van der Waals surface area contributed by atoms with Crippen molar-refractivity contribution in [3.05, 3.63) is 0 Å². The molecule has 0 bridgehead atoms. The molecule has 88 valence electrons. The Morgan fingerprint density at radius 3 is 2.53 bits per heavy atom. The molecule has 0 aliphatic carbocycles. The van der Waals surface area contributed by atoms with Crippen LogP contribution in [0.1, 0.15) is 47.5 Å². The summed E-state index contributed by atoms with van der Waals surface area (Å²) in [6, 6.07) is 0. The minimum atomic E-state index is -0.337. The fourth-order valence-corrected chi connectivity index (χ4v) is 2.04. The van der Waals surface area contributed by atoms with Gasteiger partial charge in [-0.15, -0.1) is 0 Å². The Morgan fingerprint density at radius 1 is 1.53 bits per heavy atom. The minimum absolute atomic E-state index is 0.182. The molecule has 1 rings (SSSR count). The van der Waals surface area contributed by atoms with Gasteiger partial charge in [0.15, 0.2) is 0 Å². The van der Waals surface area contributed by atoms with E-state index in [0.717, 1.165) is 19.4 Å². The second-order valence-electron chi connectivity index (χ2n) is 5.19. The van der Waals surface area contributed by atoms with E-state index in [9.17, 15) is 4.79 Å². The van der Waals surface area contributed by atoms with Gasteiger partial charge in [-0.2, -0.15) is 0 Å². The molecule has 0 radical (unpaired) electrons. The van der Waals surface area contributed by atoms with E-state index in [4.69, 9.17) is 0 Å². The number of nitrogens with zero attached hydrogens (tertiary/aromatic N) is 1. The van der Waals surface area contributed by atoms with Crippen LogP contribution in [0.2, 0.25) is 0 Å². The zero-order valence-corrected chi connectivity index (χ0v) is 10.6. The number of carbonyl (C=O) groups is 1. The highest BCUT2D eigenvalue weighted by atomic mass is 16.2. The molecule has 1 fully saturated rings. The van der Waals surface area contributed by atoms with Crippen LogP contribution >= 0.6 is 0 Å². The third-order valence-electron chi connectivity index (χ3n) is 3.38. The molecule has 1 saturated heterocycles. The number of hydrogen-bond donors (Lipinski definition) is 1. The molecule has 1 amide bonds. The van der Waals surface area contributed by atoms with Gasteiger partial charge in [0, 0.05) is 6.54 Å². The second kappa shape index (κ2) is 4.52. The van der Waals surface area contributed by atoms with Crippen LogP contribution in [0.15, 0.2) is 0 Å². The van der Waals surface area contributed by atoms with Crippen LogP contribution < -0.4 is 5.32 Å². The van der Waals surface area contributed by atoms with Crippen LogP contribution in [0.4, 0.5) is 0 Å². The third-order valence-corrected chi connectivity index (χ3v) is 3.38. The maximum absolute atomic E-state index is 12.1. The molecule has 1 aliphatic rings. The summed E-state index contributed by atoms with van der Waals surface area (Å²) in [4.78, 5) is 14.1. The standard InChI is InChI=1S/C12H24N2O/c1-6-12(5)11(15)14(10(4)13-12)8-7-9(2)3/h9-10,13H,6-8H2,1-5H3. The Kier molecular flexibility index (Phi) is 3.77. The van der Waals surface area contributed by atoms with Gasteiger partial charge < -0.3 is 4.90 Å². The number of carbonyl (C=O) groups excluding carboxylic acids is 1. The lowest BCUT2D eigenvalue weighted by Crippen LogP contribution is -2.43. The summed E-state index contributed by atoms with van der Waals surface area (Å²) in [5, 5.41) is 3.38. The molecule has 3 heteroatoms. The van der Waals surface area contributed by atoms with Crippen molar-refractivity contribution in [2.45, 2.75) is 59.2 Å². The fourth-order valence-electron chi connectivity index (χ4n) is 2.04. The van der Waals surface area contributed by atoms with Crippen LogP contribution in [0.25, 0.3) is 0 Å². The predicted molar refractivity (Wildman–Crippen MR) is 62.5 cm³/mol. The average Bonchev–Trinajstić information content (AvgIpc) is 2.37. The van der Waals surface area contributed by atoms with Crippen LogP contribution in [0.3, 0.4) is 0 Å². The molecule has 0 aromatic carbocycles. The van der Waals surface area contributed by atoms with Crippen molar-refractivity contribution < 1.29 is 4.79 Å². The molecule has 2 atom stereocenters. The molecular weight excluding hydrogens is 188 g/mol. The van der Waals surface area contributed by atoms with Crippen molar-refractivity contribution >= 4 is 5.91 Å². The van der Waals surface area contributed by atoms with Gasteiger partial charge in [-0.05, 0) is 32.6 Å². The summed E-state index contributed by atoms with van der Waals surface area (Å²) in [5.74, 6) is 0.914. The highest BCUT2D eigenvalue weighted by Gasteiger charge is 2.44. The molecule has 2 unspecified atom stereocenters. The Balaban J connectivity index is 2.63. The van der Waals surface area contributed by atoms with E-state index in [1.54, 1.807) is 0 Å². The first-order chi connectivity index (χ1) is 6.90. The number of rotatable bonds is 4. The first-order valence-corrected chi connectivity index (χ1v) is 5.99. The summed E-state index contributed by atoms with van der Waals surface area (Å²) in [6.45, 7) is 11.4. The van der Waals surface area contributed by atoms with Gasteiger partial charge in [-0.1, -0.05) is 20.8 Å². The largest absolute Gasteiger partial charge is 0.326 e. The van der Waals surface area contributed by atoms with Gasteiger partial charge in [-0.25, -0.2) is 0 Å². The van der Waals surface area contributed by atoms with Crippen molar-refractivity contribution in [2.24, 2.45) is 5.92 Å². The van der Waals surface area contributed by atoms with Crippen LogP contribution in [-0.2, 0) is 4.79 Å². The highest BCUT2D eigenvalue weighted by Crippen LogP contribution is 2.23. The maximum Gasteiger partial charge on any atom is 0.243 e. The van der Waals surface area contributed by atoms with Gasteiger partial charge in [-0.3, -0.25) is 10.1 Å². The SMILES string of the molecule is CCC1(C)NC(C)N(CCC(C)C)C1=O. The predicted octanol–water partition coefficient (Wildman–Crippen LogP) is 1.98. The van der Waals surface area contributed by atoms with Crippen LogP contribution in [0, 0.1) is 5.92 Å². The topological polar surface area (TPSA) is 32.3 Å². The fraction of sp³-hybridized carbons (Fsp3) is 0.917. The zero-order chi connectivity index (χ0) is 11.6. The summed E-state index contributed by atoms with van der Waals surface area (Å²) in [5.41, 5.74) is -0.337. The lowest BCUT2D eigenvalue weighted by atomic mass is 9.99. The summed E-state index contributed by atoms with van der Waals surface area (Å²) >= 11 is 0. The zero-order valence-electron chi connectivity index (χ0n) is 10.6. The van der Waals surface area contributed by atoms with E-state index in [0.29, 0.717) is 5.92 Å². The van der Waals surface area contributed by atoms with Crippen molar-refractivity contribution in [2.75, 3.05) is 6.54 Å². The Bertz CT molecular complexity index is 240. The van der Waals surface area contributed by atoms with E-state index < -0.39 is 0 Å². The van der Waals surface area contributed by atoms with Crippen molar-refractivity contribution in [3.8, 4) is 0 Å². The van der Waals surface area contributed by atoms with Crippen LogP contribution in [0.5, 0.6) is 0 Å². The maximum atomic E-state index is 12.1. The van der Waals surface area contributed by atoms with E-state index in [1.165, 1.54) is 0 Å². The van der Waals surface area contributed by atoms with Gasteiger partial charge >= 0.3 is 0 Å². The molecule has 0 spiro atoms. The Hall–Kier alpha value is -0.570. The van der Waals surface area contributed by atoms with E-state index >= 15 is 0 Å². The summed E-state index contributed by atoms with van der Waals surface area (Å²) < 4.78 is 0. The van der Waals surface area contributed by atoms with Crippen molar-refractivity contribution in [1.82, 2.24) is 10.2 Å². The summed E-state index contributed by atoms with van der Waals surface area (Å²) in [6.07, 6.45) is 2.12. The lowest BCUT2D eigenvalue weighted by molar-refractivity contribution is -0.132. The van der Waals surface area contributed by atoms with Crippen molar-refractivity contribution in [3.63, 3.8) is 0 Å². The second-order valence-corrected chi connectivity index (χ2v) is 5.19. The average molecular weight is 212 g/mol. The number of hydrogen-bond acceptors (Lipinski definition) is 2. The van der Waals surface area contributed by atoms with Gasteiger partial charge in [0.2, 0.25) is 5.91 Å².